The summed E-state index contributed by atoms with van der Waals surface area (Å²) >= 11 is 4.97. The molecule has 0 fully saturated rings. The first-order chi connectivity index (χ1) is 7.29. The Morgan fingerprint density at radius 3 is 2.50 bits per heavy atom. The summed E-state index contributed by atoms with van der Waals surface area (Å²) in [6.07, 6.45) is 1.73. The zero-order valence-corrected chi connectivity index (χ0v) is 12.7. The Labute approximate surface area is 110 Å². The van der Waals surface area contributed by atoms with Gasteiger partial charge in [-0.25, -0.2) is 0 Å². The number of halogens is 1. The minimum atomic E-state index is 0.255. The zero-order chi connectivity index (χ0) is 12.3. The topological polar surface area (TPSA) is 17.1 Å². The predicted octanol–water partition coefficient (Wildman–Crippen LogP) is 5.16. The van der Waals surface area contributed by atoms with Crippen LogP contribution >= 0.6 is 27.3 Å². The number of hydrogen-bond donors (Lipinski definition) is 0. The van der Waals surface area contributed by atoms with Gasteiger partial charge in [0, 0.05) is 27.2 Å². The fraction of sp³-hybridized carbons (Fsp3) is 0.615. The van der Waals surface area contributed by atoms with Crippen LogP contribution in [0.2, 0.25) is 0 Å². The summed E-state index contributed by atoms with van der Waals surface area (Å²) in [7, 11) is 0. The van der Waals surface area contributed by atoms with Crippen LogP contribution in [-0.4, -0.2) is 5.78 Å². The van der Waals surface area contributed by atoms with E-state index in [0.29, 0.717) is 17.8 Å². The van der Waals surface area contributed by atoms with E-state index in [-0.39, 0.29) is 5.78 Å². The zero-order valence-electron chi connectivity index (χ0n) is 10.3. The molecule has 0 aromatic carbocycles. The number of carbonyl (C=O) groups is 1. The Bertz CT molecular complexity index is 362. The first-order valence-corrected chi connectivity index (χ1v) is 7.28. The molecule has 0 aliphatic heterocycles. The molecule has 1 unspecified atom stereocenters. The van der Waals surface area contributed by atoms with E-state index in [1.54, 1.807) is 11.3 Å². The SMILES string of the molecule is CC(CC(=O)c1cscc1Br)CC(C)(C)C. The maximum atomic E-state index is 12.0. The molecule has 0 N–H and O–H groups in total. The van der Waals surface area contributed by atoms with E-state index in [9.17, 15) is 4.79 Å². The molecule has 1 heterocycles. The highest BCUT2D eigenvalue weighted by molar-refractivity contribution is 9.10. The standard InChI is InChI=1S/C13H19BrOS/c1-9(6-13(2,3)4)5-12(15)10-7-16-8-11(10)14/h7-9H,5-6H2,1-4H3. The highest BCUT2D eigenvalue weighted by Crippen LogP contribution is 2.29. The van der Waals surface area contributed by atoms with Gasteiger partial charge in [0.1, 0.15) is 0 Å². The molecule has 1 nitrogen and oxygen atoms in total. The lowest BCUT2D eigenvalue weighted by molar-refractivity contribution is 0.0954. The molecule has 0 radical (unpaired) electrons. The van der Waals surface area contributed by atoms with E-state index in [4.69, 9.17) is 0 Å². The number of thiophene rings is 1. The summed E-state index contributed by atoms with van der Waals surface area (Å²) in [6, 6.07) is 0. The second kappa shape index (κ2) is 5.46. The molecule has 1 rings (SSSR count). The molecular weight excluding hydrogens is 284 g/mol. The van der Waals surface area contributed by atoms with Gasteiger partial charge in [-0.3, -0.25) is 4.79 Å². The largest absolute Gasteiger partial charge is 0.294 e. The average molecular weight is 303 g/mol. The summed E-state index contributed by atoms with van der Waals surface area (Å²) in [5.74, 6) is 0.698. The molecule has 0 saturated carbocycles. The smallest absolute Gasteiger partial charge is 0.165 e. The predicted molar refractivity (Wildman–Crippen MR) is 74.2 cm³/mol. The molecule has 0 spiro atoms. The van der Waals surface area contributed by atoms with E-state index in [0.717, 1.165) is 16.5 Å². The Kier molecular flexibility index (Phi) is 4.74. The summed E-state index contributed by atoms with van der Waals surface area (Å²) in [5, 5.41) is 3.89. The minimum absolute atomic E-state index is 0.255. The fourth-order valence-corrected chi connectivity index (χ4v) is 3.54. The highest BCUT2D eigenvalue weighted by atomic mass is 79.9. The van der Waals surface area contributed by atoms with Crippen LogP contribution in [0.1, 0.15) is 50.9 Å². The van der Waals surface area contributed by atoms with Gasteiger partial charge >= 0.3 is 0 Å². The summed E-state index contributed by atoms with van der Waals surface area (Å²) in [4.78, 5) is 12.0. The molecule has 0 saturated heterocycles. The normalized spacial score (nSPS) is 13.8. The van der Waals surface area contributed by atoms with Crippen molar-refractivity contribution in [3.8, 4) is 0 Å². The first kappa shape index (κ1) is 13.9. The van der Waals surface area contributed by atoms with Gasteiger partial charge in [0.2, 0.25) is 0 Å². The van der Waals surface area contributed by atoms with Crippen molar-refractivity contribution in [2.45, 2.75) is 40.5 Å². The second-order valence-electron chi connectivity index (χ2n) is 5.63. The van der Waals surface area contributed by atoms with Crippen LogP contribution in [0.5, 0.6) is 0 Å². The van der Waals surface area contributed by atoms with Crippen LogP contribution in [0.25, 0.3) is 0 Å². The lowest BCUT2D eigenvalue weighted by Crippen LogP contribution is -2.14. The summed E-state index contributed by atoms with van der Waals surface area (Å²) in [5.41, 5.74) is 1.14. The van der Waals surface area contributed by atoms with Crippen molar-refractivity contribution in [2.75, 3.05) is 0 Å². The monoisotopic (exact) mass is 302 g/mol. The second-order valence-corrected chi connectivity index (χ2v) is 7.23. The van der Waals surface area contributed by atoms with Crippen LogP contribution in [0.15, 0.2) is 15.2 Å². The van der Waals surface area contributed by atoms with Gasteiger partial charge in [-0.2, -0.15) is 11.3 Å². The van der Waals surface area contributed by atoms with E-state index in [1.807, 2.05) is 10.8 Å². The first-order valence-electron chi connectivity index (χ1n) is 5.54. The van der Waals surface area contributed by atoms with Crippen LogP contribution in [-0.2, 0) is 0 Å². The molecular formula is C13H19BrOS. The van der Waals surface area contributed by atoms with Crippen molar-refractivity contribution < 1.29 is 4.79 Å². The number of hydrogen-bond acceptors (Lipinski definition) is 2. The van der Waals surface area contributed by atoms with Crippen molar-refractivity contribution in [1.82, 2.24) is 0 Å². The van der Waals surface area contributed by atoms with Crippen molar-refractivity contribution >= 4 is 33.0 Å². The van der Waals surface area contributed by atoms with Gasteiger partial charge < -0.3 is 0 Å². The van der Waals surface area contributed by atoms with Gasteiger partial charge in [-0.1, -0.05) is 27.7 Å². The number of ketones is 1. The molecule has 1 aromatic heterocycles. The van der Waals surface area contributed by atoms with Gasteiger partial charge in [0.25, 0.3) is 0 Å². The third-order valence-electron chi connectivity index (χ3n) is 2.41. The number of rotatable bonds is 4. The summed E-state index contributed by atoms with van der Waals surface area (Å²) in [6.45, 7) is 8.81. The van der Waals surface area contributed by atoms with Crippen molar-refractivity contribution in [3.05, 3.63) is 20.8 Å². The highest BCUT2D eigenvalue weighted by Gasteiger charge is 2.19. The molecule has 0 amide bonds. The Morgan fingerprint density at radius 2 is 2.06 bits per heavy atom. The molecule has 0 aliphatic rings. The van der Waals surface area contributed by atoms with Gasteiger partial charge in [0.15, 0.2) is 5.78 Å². The van der Waals surface area contributed by atoms with Gasteiger partial charge in [-0.05, 0) is 33.7 Å². The molecule has 3 heteroatoms. The maximum Gasteiger partial charge on any atom is 0.165 e. The Balaban J connectivity index is 2.56. The summed E-state index contributed by atoms with van der Waals surface area (Å²) < 4.78 is 0.936. The molecule has 16 heavy (non-hydrogen) atoms. The van der Waals surface area contributed by atoms with Crippen LogP contribution in [0.4, 0.5) is 0 Å². The molecule has 0 bridgehead atoms. The third kappa shape index (κ3) is 4.38. The molecule has 1 aromatic rings. The van der Waals surface area contributed by atoms with Crippen LogP contribution < -0.4 is 0 Å². The van der Waals surface area contributed by atoms with Crippen molar-refractivity contribution in [3.63, 3.8) is 0 Å². The van der Waals surface area contributed by atoms with Crippen LogP contribution in [0.3, 0.4) is 0 Å². The quantitative estimate of drug-likeness (QED) is 0.702. The van der Waals surface area contributed by atoms with E-state index in [1.165, 1.54) is 0 Å². The number of Topliss-reactive ketones (excluding diaryl/α,β-unsaturated/α-hetero) is 1. The molecule has 90 valence electrons. The van der Waals surface area contributed by atoms with Crippen LogP contribution in [0, 0.1) is 11.3 Å². The lowest BCUT2D eigenvalue weighted by atomic mass is 9.83. The third-order valence-corrected chi connectivity index (χ3v) is 4.11. The number of carbonyl (C=O) groups excluding carboxylic acids is 1. The molecule has 0 aliphatic carbocycles. The van der Waals surface area contributed by atoms with Crippen molar-refractivity contribution in [2.24, 2.45) is 11.3 Å². The molecule has 1 atom stereocenters. The minimum Gasteiger partial charge on any atom is -0.294 e. The lowest BCUT2D eigenvalue weighted by Gasteiger charge is -2.22. The van der Waals surface area contributed by atoms with E-state index >= 15 is 0 Å². The van der Waals surface area contributed by atoms with E-state index in [2.05, 4.69) is 43.6 Å². The fourth-order valence-electron chi connectivity index (χ4n) is 2.02. The Morgan fingerprint density at radius 1 is 1.44 bits per heavy atom. The van der Waals surface area contributed by atoms with Gasteiger partial charge in [0.05, 0.1) is 0 Å². The Hall–Kier alpha value is -0.150. The van der Waals surface area contributed by atoms with Gasteiger partial charge in [-0.15, -0.1) is 0 Å². The average Bonchev–Trinajstić information content (AvgIpc) is 2.47. The van der Waals surface area contributed by atoms with Crippen molar-refractivity contribution in [1.29, 1.82) is 0 Å². The van der Waals surface area contributed by atoms with E-state index < -0.39 is 0 Å². The maximum absolute atomic E-state index is 12.0.